The number of rotatable bonds is 23. The average molecular weight is 469 g/mol. The van der Waals surface area contributed by atoms with Gasteiger partial charge in [0.15, 0.2) is 5.41 Å². The van der Waals surface area contributed by atoms with Crippen molar-refractivity contribution in [2.75, 3.05) is 6.61 Å². The first-order valence-electron chi connectivity index (χ1n) is 14.3. The van der Waals surface area contributed by atoms with Crippen molar-refractivity contribution in [1.82, 2.24) is 0 Å². The smallest absolute Gasteiger partial charge is 0.323 e. The zero-order valence-electron chi connectivity index (χ0n) is 22.9. The molecule has 1 atom stereocenters. The molecule has 0 saturated carbocycles. The second-order valence-electron chi connectivity index (χ2n) is 10.3. The molecule has 0 saturated heterocycles. The Morgan fingerprint density at radius 3 is 1.48 bits per heavy atom. The Kier molecular flexibility index (Phi) is 20.8. The number of carbonyl (C=O) groups excluding carboxylic acids is 2. The highest BCUT2D eigenvalue weighted by atomic mass is 16.6. The second-order valence-corrected chi connectivity index (χ2v) is 10.3. The molecule has 0 rings (SSSR count). The third-order valence-corrected chi connectivity index (χ3v) is 6.52. The molecule has 0 heterocycles. The van der Waals surface area contributed by atoms with Crippen molar-refractivity contribution in [1.29, 1.82) is 0 Å². The summed E-state index contributed by atoms with van der Waals surface area (Å²) in [5.74, 6) is -0.920. The SMILES string of the molecule is CCCCCCCCCCCCCCCCOC(=O)C(C)(C)C(=O)OC(CCC)CCCC. The zero-order chi connectivity index (χ0) is 24.8. The molecule has 0 aliphatic heterocycles. The van der Waals surface area contributed by atoms with Gasteiger partial charge in [-0.2, -0.15) is 0 Å². The van der Waals surface area contributed by atoms with E-state index >= 15 is 0 Å². The highest BCUT2D eigenvalue weighted by Gasteiger charge is 2.40. The van der Waals surface area contributed by atoms with E-state index in [9.17, 15) is 9.59 Å². The van der Waals surface area contributed by atoms with Gasteiger partial charge in [0.25, 0.3) is 0 Å². The summed E-state index contributed by atoms with van der Waals surface area (Å²) in [6.07, 6.45) is 22.8. The van der Waals surface area contributed by atoms with Gasteiger partial charge in [0, 0.05) is 0 Å². The van der Waals surface area contributed by atoms with Gasteiger partial charge in [0.1, 0.15) is 6.10 Å². The maximum Gasteiger partial charge on any atom is 0.323 e. The van der Waals surface area contributed by atoms with Crippen LogP contribution in [0.2, 0.25) is 0 Å². The largest absolute Gasteiger partial charge is 0.465 e. The van der Waals surface area contributed by atoms with E-state index in [2.05, 4.69) is 20.8 Å². The lowest BCUT2D eigenvalue weighted by molar-refractivity contribution is -0.173. The fraction of sp³-hybridized carbons (Fsp3) is 0.931. The Hall–Kier alpha value is -1.06. The van der Waals surface area contributed by atoms with E-state index < -0.39 is 17.4 Å². The van der Waals surface area contributed by atoms with Gasteiger partial charge in [0.05, 0.1) is 6.61 Å². The molecule has 0 aromatic rings. The molecule has 0 fully saturated rings. The Balaban J connectivity index is 3.80. The summed E-state index contributed by atoms with van der Waals surface area (Å²) < 4.78 is 11.1. The monoisotopic (exact) mass is 468 g/mol. The molecule has 0 spiro atoms. The minimum absolute atomic E-state index is 0.0969. The van der Waals surface area contributed by atoms with E-state index in [4.69, 9.17) is 9.47 Å². The first kappa shape index (κ1) is 31.9. The van der Waals surface area contributed by atoms with Gasteiger partial charge in [-0.05, 0) is 33.1 Å². The van der Waals surface area contributed by atoms with Gasteiger partial charge in [-0.1, -0.05) is 124 Å². The molecule has 4 heteroatoms. The minimum Gasteiger partial charge on any atom is -0.465 e. The molecule has 196 valence electrons. The van der Waals surface area contributed by atoms with Crippen molar-refractivity contribution in [3.63, 3.8) is 0 Å². The third kappa shape index (κ3) is 17.1. The third-order valence-electron chi connectivity index (χ3n) is 6.52. The van der Waals surface area contributed by atoms with Crippen molar-refractivity contribution >= 4 is 11.9 Å². The topological polar surface area (TPSA) is 52.6 Å². The summed E-state index contributed by atoms with van der Waals surface area (Å²) in [5, 5.41) is 0. The lowest BCUT2D eigenvalue weighted by Crippen LogP contribution is -2.38. The number of ether oxygens (including phenoxy) is 2. The Morgan fingerprint density at radius 1 is 0.576 bits per heavy atom. The van der Waals surface area contributed by atoms with Gasteiger partial charge in [0.2, 0.25) is 0 Å². The van der Waals surface area contributed by atoms with Crippen molar-refractivity contribution in [2.24, 2.45) is 5.41 Å². The van der Waals surface area contributed by atoms with Crippen molar-refractivity contribution in [3.05, 3.63) is 0 Å². The van der Waals surface area contributed by atoms with E-state index in [0.29, 0.717) is 6.61 Å². The van der Waals surface area contributed by atoms with Crippen LogP contribution in [0.1, 0.15) is 157 Å². The van der Waals surface area contributed by atoms with Crippen LogP contribution in [0.15, 0.2) is 0 Å². The summed E-state index contributed by atoms with van der Waals surface area (Å²) in [4.78, 5) is 25.1. The molecular weight excluding hydrogens is 412 g/mol. The number of esters is 2. The van der Waals surface area contributed by atoms with E-state index in [0.717, 1.165) is 44.9 Å². The number of unbranched alkanes of at least 4 members (excludes halogenated alkanes) is 14. The molecule has 0 aromatic heterocycles. The van der Waals surface area contributed by atoms with Crippen LogP contribution in [0.4, 0.5) is 0 Å². The standard InChI is InChI=1S/C29H56O4/c1-6-9-11-12-13-14-15-16-17-18-19-20-21-22-25-32-27(30)29(4,5)28(31)33-26(23-8-3)24-10-7-2/h26H,6-25H2,1-5H3. The van der Waals surface area contributed by atoms with Crippen molar-refractivity contribution in [2.45, 2.75) is 163 Å². The van der Waals surface area contributed by atoms with Crippen LogP contribution in [0.3, 0.4) is 0 Å². The summed E-state index contributed by atoms with van der Waals surface area (Å²) in [6, 6.07) is 0. The lowest BCUT2D eigenvalue weighted by atomic mass is 9.93. The molecule has 0 aromatic carbocycles. The quantitative estimate of drug-likeness (QED) is 0.0853. The van der Waals surface area contributed by atoms with Crippen LogP contribution < -0.4 is 0 Å². The highest BCUT2D eigenvalue weighted by Crippen LogP contribution is 2.23. The Labute approximate surface area is 206 Å². The van der Waals surface area contributed by atoms with Crippen LogP contribution in [0, 0.1) is 5.41 Å². The van der Waals surface area contributed by atoms with Gasteiger partial charge < -0.3 is 9.47 Å². The minimum atomic E-state index is -1.24. The second kappa shape index (κ2) is 21.5. The molecule has 33 heavy (non-hydrogen) atoms. The fourth-order valence-corrected chi connectivity index (χ4v) is 4.04. The molecule has 0 N–H and O–H groups in total. The molecule has 0 aliphatic rings. The van der Waals surface area contributed by atoms with Crippen molar-refractivity contribution in [3.8, 4) is 0 Å². The van der Waals surface area contributed by atoms with E-state index in [1.165, 1.54) is 77.0 Å². The first-order valence-corrected chi connectivity index (χ1v) is 14.3. The predicted molar refractivity (Wildman–Crippen MR) is 139 cm³/mol. The van der Waals surface area contributed by atoms with E-state index in [1.807, 2.05) is 0 Å². The molecule has 0 amide bonds. The molecule has 0 bridgehead atoms. The summed E-state index contributed by atoms with van der Waals surface area (Å²) >= 11 is 0. The summed E-state index contributed by atoms with van der Waals surface area (Å²) in [6.45, 7) is 10.1. The normalized spacial score (nSPS) is 12.5. The van der Waals surface area contributed by atoms with Crippen molar-refractivity contribution < 1.29 is 19.1 Å². The summed E-state index contributed by atoms with van der Waals surface area (Å²) in [5.41, 5.74) is -1.24. The number of hydrogen-bond donors (Lipinski definition) is 0. The molecular formula is C29H56O4. The van der Waals surface area contributed by atoms with Crippen LogP contribution in [-0.2, 0) is 19.1 Å². The van der Waals surface area contributed by atoms with E-state index in [-0.39, 0.29) is 6.10 Å². The fourth-order valence-electron chi connectivity index (χ4n) is 4.04. The van der Waals surface area contributed by atoms with Crippen LogP contribution in [-0.4, -0.2) is 24.6 Å². The summed E-state index contributed by atoms with van der Waals surface area (Å²) in [7, 11) is 0. The maximum absolute atomic E-state index is 12.6. The Morgan fingerprint density at radius 2 is 1.03 bits per heavy atom. The molecule has 4 nitrogen and oxygen atoms in total. The number of carbonyl (C=O) groups is 2. The highest BCUT2D eigenvalue weighted by molar-refractivity contribution is 5.99. The van der Waals surface area contributed by atoms with Crippen LogP contribution in [0.5, 0.6) is 0 Å². The first-order chi connectivity index (χ1) is 15.9. The van der Waals surface area contributed by atoms with Gasteiger partial charge in [-0.25, -0.2) is 0 Å². The molecule has 1 unspecified atom stereocenters. The lowest BCUT2D eigenvalue weighted by Gasteiger charge is -2.25. The number of hydrogen-bond acceptors (Lipinski definition) is 4. The van der Waals surface area contributed by atoms with Gasteiger partial charge in [-0.15, -0.1) is 0 Å². The van der Waals surface area contributed by atoms with Crippen LogP contribution in [0.25, 0.3) is 0 Å². The molecule has 0 radical (unpaired) electrons. The van der Waals surface area contributed by atoms with E-state index in [1.54, 1.807) is 13.8 Å². The van der Waals surface area contributed by atoms with Crippen LogP contribution >= 0.6 is 0 Å². The zero-order valence-corrected chi connectivity index (χ0v) is 22.9. The van der Waals surface area contributed by atoms with Gasteiger partial charge in [-0.3, -0.25) is 9.59 Å². The molecule has 0 aliphatic carbocycles. The Bertz CT molecular complexity index is 472. The predicted octanol–water partition coefficient (Wildman–Crippen LogP) is 8.94. The average Bonchev–Trinajstić information content (AvgIpc) is 2.79. The maximum atomic E-state index is 12.6. The van der Waals surface area contributed by atoms with Gasteiger partial charge >= 0.3 is 11.9 Å².